The van der Waals surface area contributed by atoms with Crippen LogP contribution in [0.4, 0.5) is 0 Å². The summed E-state index contributed by atoms with van der Waals surface area (Å²) in [6.07, 6.45) is 1.01. The van der Waals surface area contributed by atoms with E-state index < -0.39 is 0 Å². The molecule has 1 aliphatic rings. The van der Waals surface area contributed by atoms with Gasteiger partial charge in [0.25, 0.3) is 0 Å². The van der Waals surface area contributed by atoms with Gasteiger partial charge in [0.15, 0.2) is 0 Å². The fourth-order valence-corrected chi connectivity index (χ4v) is 3.25. The third kappa shape index (κ3) is 2.33. The maximum absolute atomic E-state index is 5.90. The van der Waals surface area contributed by atoms with Gasteiger partial charge in [-0.05, 0) is 26.0 Å². The smallest absolute Gasteiger partial charge is 0.127 e. The van der Waals surface area contributed by atoms with Crippen LogP contribution < -0.4 is 10.1 Å². The second-order valence-corrected chi connectivity index (χ2v) is 5.63. The number of ether oxygens (including phenoxy) is 1. The van der Waals surface area contributed by atoms with Gasteiger partial charge in [-0.15, -0.1) is 0 Å². The molecule has 2 heterocycles. The van der Waals surface area contributed by atoms with Crippen molar-refractivity contribution in [3.63, 3.8) is 0 Å². The zero-order chi connectivity index (χ0) is 15.0. The first kappa shape index (κ1) is 14.1. The highest BCUT2D eigenvalue weighted by Crippen LogP contribution is 2.37. The standard InChI is InChI=1S/C17H23N3O/c1-5-18-16(15-11(2)19-20(4)12(15)3)14-8-6-7-13-9-10-21-17(13)14/h6-8,16,18H,5,9-10H2,1-4H3. The van der Waals surface area contributed by atoms with Crippen molar-refractivity contribution in [2.24, 2.45) is 7.05 Å². The van der Waals surface area contributed by atoms with Crippen molar-refractivity contribution in [3.8, 4) is 5.75 Å². The van der Waals surface area contributed by atoms with Gasteiger partial charge in [0.2, 0.25) is 0 Å². The lowest BCUT2D eigenvalue weighted by Gasteiger charge is -2.21. The normalized spacial score (nSPS) is 14.9. The topological polar surface area (TPSA) is 39.1 Å². The molecule has 4 heteroatoms. The van der Waals surface area contributed by atoms with E-state index in [0.29, 0.717) is 0 Å². The molecule has 1 aromatic carbocycles. The molecule has 0 fully saturated rings. The van der Waals surface area contributed by atoms with Gasteiger partial charge in [-0.1, -0.05) is 25.1 Å². The maximum atomic E-state index is 5.90. The second-order valence-electron chi connectivity index (χ2n) is 5.63. The van der Waals surface area contributed by atoms with Gasteiger partial charge < -0.3 is 10.1 Å². The highest BCUT2D eigenvalue weighted by Gasteiger charge is 2.26. The molecule has 1 unspecified atom stereocenters. The van der Waals surface area contributed by atoms with Gasteiger partial charge in [-0.25, -0.2) is 0 Å². The van der Waals surface area contributed by atoms with Crippen molar-refractivity contribution < 1.29 is 4.74 Å². The molecule has 0 saturated carbocycles. The molecule has 2 aromatic rings. The van der Waals surface area contributed by atoms with Crippen LogP contribution in [0.5, 0.6) is 5.75 Å². The second kappa shape index (κ2) is 5.53. The molecule has 1 aliphatic heterocycles. The number of para-hydroxylation sites is 1. The van der Waals surface area contributed by atoms with Crippen LogP contribution in [-0.2, 0) is 13.5 Å². The van der Waals surface area contributed by atoms with E-state index >= 15 is 0 Å². The van der Waals surface area contributed by atoms with Crippen molar-refractivity contribution in [2.75, 3.05) is 13.2 Å². The van der Waals surface area contributed by atoms with Gasteiger partial charge in [-0.3, -0.25) is 4.68 Å². The van der Waals surface area contributed by atoms with Crippen LogP contribution in [0.3, 0.4) is 0 Å². The Morgan fingerprint density at radius 2 is 2.19 bits per heavy atom. The van der Waals surface area contributed by atoms with Crippen LogP contribution in [0.2, 0.25) is 0 Å². The Kier molecular flexibility index (Phi) is 3.72. The van der Waals surface area contributed by atoms with Crippen molar-refractivity contribution in [2.45, 2.75) is 33.2 Å². The number of rotatable bonds is 4. The average Bonchev–Trinajstić information content (AvgIpc) is 3.03. The minimum atomic E-state index is 0.136. The van der Waals surface area contributed by atoms with Crippen molar-refractivity contribution >= 4 is 0 Å². The molecule has 0 amide bonds. The predicted octanol–water partition coefficient (Wildman–Crippen LogP) is 2.67. The Labute approximate surface area is 126 Å². The van der Waals surface area contributed by atoms with Crippen LogP contribution in [0.25, 0.3) is 0 Å². The number of aromatic nitrogens is 2. The van der Waals surface area contributed by atoms with Crippen molar-refractivity contribution in [3.05, 3.63) is 46.3 Å². The minimum absolute atomic E-state index is 0.136. The summed E-state index contributed by atoms with van der Waals surface area (Å²) in [5, 5.41) is 8.18. The minimum Gasteiger partial charge on any atom is -0.493 e. The third-order valence-corrected chi connectivity index (χ3v) is 4.32. The number of nitrogens with one attached hydrogen (secondary N) is 1. The predicted molar refractivity (Wildman–Crippen MR) is 83.8 cm³/mol. The van der Waals surface area contributed by atoms with E-state index in [1.807, 2.05) is 11.7 Å². The van der Waals surface area contributed by atoms with Crippen LogP contribution in [0, 0.1) is 13.8 Å². The molecule has 112 valence electrons. The van der Waals surface area contributed by atoms with Gasteiger partial charge in [-0.2, -0.15) is 5.10 Å². The summed E-state index contributed by atoms with van der Waals surface area (Å²) in [4.78, 5) is 0. The lowest BCUT2D eigenvalue weighted by Crippen LogP contribution is -2.23. The number of nitrogens with zero attached hydrogens (tertiary/aromatic N) is 2. The van der Waals surface area contributed by atoms with E-state index in [0.717, 1.165) is 31.0 Å². The Bertz CT molecular complexity index is 660. The Hall–Kier alpha value is -1.81. The van der Waals surface area contributed by atoms with Crippen LogP contribution in [0.1, 0.15) is 41.0 Å². The number of hydrogen-bond acceptors (Lipinski definition) is 3. The first-order valence-electron chi connectivity index (χ1n) is 7.61. The zero-order valence-corrected chi connectivity index (χ0v) is 13.2. The molecule has 0 bridgehead atoms. The van der Waals surface area contributed by atoms with E-state index in [1.54, 1.807) is 0 Å². The highest BCUT2D eigenvalue weighted by atomic mass is 16.5. The zero-order valence-electron chi connectivity index (χ0n) is 13.2. The molecule has 4 nitrogen and oxygen atoms in total. The molecule has 0 aliphatic carbocycles. The Balaban J connectivity index is 2.13. The van der Waals surface area contributed by atoms with Crippen LogP contribution in [-0.4, -0.2) is 22.9 Å². The van der Waals surface area contributed by atoms with Crippen LogP contribution >= 0.6 is 0 Å². The summed E-state index contributed by atoms with van der Waals surface area (Å²) in [6, 6.07) is 6.60. The molecule has 1 aromatic heterocycles. The van der Waals surface area contributed by atoms with Gasteiger partial charge in [0.1, 0.15) is 5.75 Å². The van der Waals surface area contributed by atoms with Gasteiger partial charge in [0, 0.05) is 30.3 Å². The molecule has 1 N–H and O–H groups in total. The molecule has 0 spiro atoms. The monoisotopic (exact) mass is 285 g/mol. The van der Waals surface area contributed by atoms with Gasteiger partial charge >= 0.3 is 0 Å². The molecular weight excluding hydrogens is 262 g/mol. The molecule has 0 saturated heterocycles. The van der Waals surface area contributed by atoms with E-state index in [-0.39, 0.29) is 6.04 Å². The van der Waals surface area contributed by atoms with E-state index in [9.17, 15) is 0 Å². The Morgan fingerprint density at radius 1 is 1.38 bits per heavy atom. The molecule has 1 atom stereocenters. The fourth-order valence-electron chi connectivity index (χ4n) is 3.25. The SMILES string of the molecule is CCNC(c1cccc2c1OCC2)c1c(C)nn(C)c1C. The van der Waals surface area contributed by atoms with Gasteiger partial charge in [0.05, 0.1) is 18.3 Å². The number of aryl methyl sites for hydroxylation is 2. The third-order valence-electron chi connectivity index (χ3n) is 4.32. The van der Waals surface area contributed by atoms with E-state index in [2.05, 4.69) is 49.4 Å². The Morgan fingerprint density at radius 3 is 2.86 bits per heavy atom. The number of fused-ring (bicyclic) bond motifs is 1. The summed E-state index contributed by atoms with van der Waals surface area (Å²) < 4.78 is 7.86. The summed E-state index contributed by atoms with van der Waals surface area (Å²) in [5.41, 5.74) is 6.09. The molecular formula is C17H23N3O. The fraction of sp³-hybridized carbons (Fsp3) is 0.471. The van der Waals surface area contributed by atoms with E-state index in [4.69, 9.17) is 4.74 Å². The lowest BCUT2D eigenvalue weighted by molar-refractivity contribution is 0.350. The maximum Gasteiger partial charge on any atom is 0.127 e. The number of benzene rings is 1. The molecule has 0 radical (unpaired) electrons. The summed E-state index contributed by atoms with van der Waals surface area (Å²) >= 11 is 0. The van der Waals surface area contributed by atoms with Crippen molar-refractivity contribution in [1.29, 1.82) is 0 Å². The largest absolute Gasteiger partial charge is 0.493 e. The summed E-state index contributed by atoms with van der Waals surface area (Å²) in [7, 11) is 2.00. The molecule has 21 heavy (non-hydrogen) atoms. The first-order valence-corrected chi connectivity index (χ1v) is 7.61. The highest BCUT2D eigenvalue weighted by molar-refractivity contribution is 5.50. The van der Waals surface area contributed by atoms with Crippen molar-refractivity contribution in [1.82, 2.24) is 15.1 Å². The lowest BCUT2D eigenvalue weighted by atomic mass is 9.94. The van der Waals surface area contributed by atoms with Crippen LogP contribution in [0.15, 0.2) is 18.2 Å². The summed E-state index contributed by atoms with van der Waals surface area (Å²) in [6.45, 7) is 8.04. The average molecular weight is 285 g/mol. The number of hydrogen-bond donors (Lipinski definition) is 1. The molecule has 3 rings (SSSR count). The quantitative estimate of drug-likeness (QED) is 0.938. The summed E-state index contributed by atoms with van der Waals surface area (Å²) in [5.74, 6) is 1.06. The van der Waals surface area contributed by atoms with E-state index in [1.165, 1.54) is 22.4 Å². The first-order chi connectivity index (χ1) is 10.1.